The van der Waals surface area contributed by atoms with E-state index in [9.17, 15) is 0 Å². The number of aliphatic hydroxyl groups excluding tert-OH is 1. The van der Waals surface area contributed by atoms with E-state index in [-0.39, 0.29) is 12.6 Å². The predicted octanol–water partition coefficient (Wildman–Crippen LogP) is 1.00. The Labute approximate surface area is 69.0 Å². The highest BCUT2D eigenvalue weighted by Crippen LogP contribution is 2.33. The van der Waals surface area contributed by atoms with Crippen molar-refractivity contribution >= 4 is 0 Å². The summed E-state index contributed by atoms with van der Waals surface area (Å²) < 4.78 is 0. The second-order valence-corrected chi connectivity index (χ2v) is 3.93. The molecule has 0 bridgehead atoms. The SMILES string of the molecule is CC(CO)NC1CC(C)C1C. The Kier molecular flexibility index (Phi) is 2.90. The molecule has 0 spiro atoms. The lowest BCUT2D eigenvalue weighted by Crippen LogP contribution is -2.51. The van der Waals surface area contributed by atoms with Crippen LogP contribution < -0.4 is 5.32 Å². The molecule has 1 rings (SSSR count). The molecule has 0 aromatic heterocycles. The summed E-state index contributed by atoms with van der Waals surface area (Å²) >= 11 is 0. The van der Waals surface area contributed by atoms with Crippen LogP contribution in [0.5, 0.6) is 0 Å². The van der Waals surface area contributed by atoms with Gasteiger partial charge in [-0.2, -0.15) is 0 Å². The third-order valence-corrected chi connectivity index (χ3v) is 2.93. The summed E-state index contributed by atoms with van der Waals surface area (Å²) in [5, 5.41) is 12.2. The van der Waals surface area contributed by atoms with Crippen LogP contribution in [-0.4, -0.2) is 23.8 Å². The summed E-state index contributed by atoms with van der Waals surface area (Å²) in [4.78, 5) is 0. The molecule has 0 aromatic carbocycles. The van der Waals surface area contributed by atoms with Crippen molar-refractivity contribution in [3.05, 3.63) is 0 Å². The van der Waals surface area contributed by atoms with Crippen LogP contribution in [0.3, 0.4) is 0 Å². The number of aliphatic hydroxyl groups is 1. The van der Waals surface area contributed by atoms with Gasteiger partial charge in [0.25, 0.3) is 0 Å². The fourth-order valence-electron chi connectivity index (χ4n) is 1.67. The molecule has 2 N–H and O–H groups in total. The molecule has 1 fully saturated rings. The zero-order chi connectivity index (χ0) is 8.43. The van der Waals surface area contributed by atoms with Gasteiger partial charge in [-0.1, -0.05) is 13.8 Å². The van der Waals surface area contributed by atoms with E-state index in [4.69, 9.17) is 5.11 Å². The minimum Gasteiger partial charge on any atom is -0.395 e. The summed E-state index contributed by atoms with van der Waals surface area (Å²) in [6.07, 6.45) is 1.27. The van der Waals surface area contributed by atoms with Crippen molar-refractivity contribution in [2.75, 3.05) is 6.61 Å². The van der Waals surface area contributed by atoms with Gasteiger partial charge in [0.1, 0.15) is 0 Å². The van der Waals surface area contributed by atoms with Gasteiger partial charge in [0.15, 0.2) is 0 Å². The Morgan fingerprint density at radius 3 is 2.55 bits per heavy atom. The van der Waals surface area contributed by atoms with Crippen LogP contribution in [0.15, 0.2) is 0 Å². The molecular formula is C9H19NO. The zero-order valence-corrected chi connectivity index (χ0v) is 7.67. The topological polar surface area (TPSA) is 32.3 Å². The second kappa shape index (κ2) is 3.55. The predicted molar refractivity (Wildman–Crippen MR) is 46.4 cm³/mol. The van der Waals surface area contributed by atoms with Crippen LogP contribution in [0.2, 0.25) is 0 Å². The molecule has 0 amide bonds. The maximum atomic E-state index is 8.79. The first-order chi connectivity index (χ1) is 5.15. The summed E-state index contributed by atoms with van der Waals surface area (Å²) in [6.45, 7) is 6.83. The van der Waals surface area contributed by atoms with E-state index >= 15 is 0 Å². The Balaban J connectivity index is 2.19. The zero-order valence-electron chi connectivity index (χ0n) is 7.67. The second-order valence-electron chi connectivity index (χ2n) is 3.93. The first-order valence-corrected chi connectivity index (χ1v) is 4.52. The summed E-state index contributed by atoms with van der Waals surface area (Å²) in [6, 6.07) is 0.905. The molecule has 0 aromatic rings. The molecule has 1 aliphatic rings. The van der Waals surface area contributed by atoms with Crippen molar-refractivity contribution in [3.63, 3.8) is 0 Å². The highest BCUT2D eigenvalue weighted by Gasteiger charge is 2.34. The molecule has 0 saturated heterocycles. The average Bonchev–Trinajstić information content (AvgIpc) is 2.03. The van der Waals surface area contributed by atoms with E-state index in [1.54, 1.807) is 0 Å². The minimum absolute atomic E-state index is 0.248. The van der Waals surface area contributed by atoms with Crippen molar-refractivity contribution in [1.82, 2.24) is 5.32 Å². The van der Waals surface area contributed by atoms with Gasteiger partial charge in [0.05, 0.1) is 6.61 Å². The Morgan fingerprint density at radius 1 is 1.55 bits per heavy atom. The molecule has 2 nitrogen and oxygen atoms in total. The van der Waals surface area contributed by atoms with E-state index in [0.29, 0.717) is 6.04 Å². The molecule has 11 heavy (non-hydrogen) atoms. The van der Waals surface area contributed by atoms with E-state index in [2.05, 4.69) is 19.2 Å². The van der Waals surface area contributed by atoms with Crippen molar-refractivity contribution < 1.29 is 5.11 Å². The van der Waals surface area contributed by atoms with Crippen molar-refractivity contribution in [2.24, 2.45) is 11.8 Å². The first-order valence-electron chi connectivity index (χ1n) is 4.52. The standard InChI is InChI=1S/C9H19NO/c1-6-4-9(8(6)3)10-7(2)5-11/h6-11H,4-5H2,1-3H3. The van der Waals surface area contributed by atoms with E-state index in [1.807, 2.05) is 6.92 Å². The molecule has 66 valence electrons. The molecule has 4 atom stereocenters. The van der Waals surface area contributed by atoms with Gasteiger partial charge in [-0.25, -0.2) is 0 Å². The third-order valence-electron chi connectivity index (χ3n) is 2.93. The number of hydrogen-bond acceptors (Lipinski definition) is 2. The van der Waals surface area contributed by atoms with Gasteiger partial charge in [-0.3, -0.25) is 0 Å². The normalized spacial score (nSPS) is 39.8. The molecule has 0 heterocycles. The Morgan fingerprint density at radius 2 is 2.18 bits per heavy atom. The lowest BCUT2D eigenvalue weighted by Gasteiger charge is -2.42. The van der Waals surface area contributed by atoms with Gasteiger partial charge < -0.3 is 10.4 Å². The van der Waals surface area contributed by atoms with E-state index < -0.39 is 0 Å². The summed E-state index contributed by atoms with van der Waals surface area (Å²) in [5.74, 6) is 1.64. The van der Waals surface area contributed by atoms with Crippen LogP contribution in [0.1, 0.15) is 27.2 Å². The fraction of sp³-hybridized carbons (Fsp3) is 1.00. The van der Waals surface area contributed by atoms with Crippen LogP contribution in [0.25, 0.3) is 0 Å². The van der Waals surface area contributed by atoms with Crippen LogP contribution in [0.4, 0.5) is 0 Å². The Hall–Kier alpha value is -0.0800. The highest BCUT2D eigenvalue weighted by atomic mass is 16.3. The lowest BCUT2D eigenvalue weighted by molar-refractivity contribution is 0.114. The third kappa shape index (κ3) is 1.94. The minimum atomic E-state index is 0.248. The van der Waals surface area contributed by atoms with Gasteiger partial charge in [-0.05, 0) is 25.2 Å². The maximum absolute atomic E-state index is 8.79. The monoisotopic (exact) mass is 157 g/mol. The van der Waals surface area contributed by atoms with Gasteiger partial charge in [0, 0.05) is 12.1 Å². The molecule has 4 unspecified atom stereocenters. The largest absolute Gasteiger partial charge is 0.395 e. The average molecular weight is 157 g/mol. The summed E-state index contributed by atoms with van der Waals surface area (Å²) in [5.41, 5.74) is 0. The maximum Gasteiger partial charge on any atom is 0.0582 e. The van der Waals surface area contributed by atoms with E-state index in [1.165, 1.54) is 6.42 Å². The molecule has 0 aliphatic heterocycles. The molecular weight excluding hydrogens is 138 g/mol. The Bertz CT molecular complexity index is 127. The van der Waals surface area contributed by atoms with Crippen molar-refractivity contribution in [2.45, 2.75) is 39.3 Å². The van der Waals surface area contributed by atoms with E-state index in [0.717, 1.165) is 11.8 Å². The fourth-order valence-corrected chi connectivity index (χ4v) is 1.67. The van der Waals surface area contributed by atoms with Crippen LogP contribution in [-0.2, 0) is 0 Å². The van der Waals surface area contributed by atoms with Crippen molar-refractivity contribution in [1.29, 1.82) is 0 Å². The van der Waals surface area contributed by atoms with Crippen LogP contribution >= 0.6 is 0 Å². The lowest BCUT2D eigenvalue weighted by atomic mass is 9.71. The van der Waals surface area contributed by atoms with Crippen LogP contribution in [0, 0.1) is 11.8 Å². The van der Waals surface area contributed by atoms with Gasteiger partial charge in [0.2, 0.25) is 0 Å². The highest BCUT2D eigenvalue weighted by molar-refractivity contribution is 4.90. The number of nitrogens with one attached hydrogen (secondary N) is 1. The quantitative estimate of drug-likeness (QED) is 0.640. The van der Waals surface area contributed by atoms with Gasteiger partial charge in [-0.15, -0.1) is 0 Å². The molecule has 1 aliphatic carbocycles. The number of rotatable bonds is 3. The smallest absolute Gasteiger partial charge is 0.0582 e. The van der Waals surface area contributed by atoms with Crippen molar-refractivity contribution in [3.8, 4) is 0 Å². The summed E-state index contributed by atoms with van der Waals surface area (Å²) in [7, 11) is 0. The van der Waals surface area contributed by atoms with Gasteiger partial charge >= 0.3 is 0 Å². The number of hydrogen-bond donors (Lipinski definition) is 2. The molecule has 2 heteroatoms. The molecule has 1 saturated carbocycles. The molecule has 0 radical (unpaired) electrons. The first kappa shape index (κ1) is 9.01.